The minimum atomic E-state index is -0.844. The molecule has 0 aliphatic carbocycles. The Balaban J connectivity index is 2.02. The maximum absolute atomic E-state index is 12.3. The number of aromatic nitrogens is 2. The molecular weight excluding hydrogens is 336 g/mol. The fraction of sp³-hybridized carbons (Fsp3) is 0. The molecule has 1 heterocycles. The minimum Gasteiger partial charge on any atom is -0.267 e. The van der Waals surface area contributed by atoms with Gasteiger partial charge >= 0.3 is 0 Å². The number of nitrogens with one attached hydrogen (secondary N) is 1. The van der Waals surface area contributed by atoms with Gasteiger partial charge in [-0.25, -0.2) is 9.66 Å². The summed E-state index contributed by atoms with van der Waals surface area (Å²) in [6, 6.07) is 10.2. The molecule has 0 saturated carbocycles. The Labute approximate surface area is 139 Å². The van der Waals surface area contributed by atoms with Crippen LogP contribution in [0.5, 0.6) is 0 Å². The van der Waals surface area contributed by atoms with Crippen molar-refractivity contribution >= 4 is 34.1 Å². The Kier molecular flexibility index (Phi) is 3.97. The number of carbonyl (C=O) groups is 1. The first-order valence-corrected chi connectivity index (χ1v) is 7.07. The molecule has 120 valence electrons. The predicted octanol–water partition coefficient (Wildman–Crippen LogP) is 2.34. The van der Waals surface area contributed by atoms with Gasteiger partial charge in [0.2, 0.25) is 0 Å². The summed E-state index contributed by atoms with van der Waals surface area (Å²) in [5, 5.41) is 11.5. The summed E-state index contributed by atoms with van der Waals surface area (Å²) >= 11 is 5.79. The van der Waals surface area contributed by atoms with Crippen molar-refractivity contribution in [2.45, 2.75) is 0 Å². The Bertz CT molecular complexity index is 1030. The fourth-order valence-electron chi connectivity index (χ4n) is 2.17. The van der Waals surface area contributed by atoms with E-state index in [1.807, 2.05) is 0 Å². The first-order chi connectivity index (χ1) is 11.5. The molecule has 9 heteroatoms. The van der Waals surface area contributed by atoms with Gasteiger partial charge in [0.1, 0.15) is 11.9 Å². The van der Waals surface area contributed by atoms with Gasteiger partial charge in [-0.15, -0.1) is 0 Å². The molecule has 24 heavy (non-hydrogen) atoms. The van der Waals surface area contributed by atoms with E-state index < -0.39 is 22.1 Å². The average Bonchev–Trinajstić information content (AvgIpc) is 2.57. The molecule has 3 aromatic rings. The number of halogens is 1. The van der Waals surface area contributed by atoms with E-state index in [4.69, 9.17) is 11.6 Å². The molecule has 1 aromatic heterocycles. The maximum atomic E-state index is 12.3. The van der Waals surface area contributed by atoms with Crippen LogP contribution in [-0.2, 0) is 0 Å². The van der Waals surface area contributed by atoms with Crippen molar-refractivity contribution in [2.75, 3.05) is 5.43 Å². The number of para-hydroxylation sites is 1. The standard InChI is InChI=1S/C15H9ClN4O4/c16-9-5-6-13(20(23)24)11(7-9)14(21)18-19-8-17-12-4-2-1-3-10(12)15(19)22/h1-8H,(H,18,21). The van der Waals surface area contributed by atoms with Gasteiger partial charge in [-0.3, -0.25) is 25.1 Å². The Morgan fingerprint density at radius 2 is 2.00 bits per heavy atom. The largest absolute Gasteiger partial charge is 0.282 e. The molecule has 0 aliphatic heterocycles. The topological polar surface area (TPSA) is 107 Å². The quantitative estimate of drug-likeness (QED) is 0.579. The zero-order valence-corrected chi connectivity index (χ0v) is 12.7. The highest BCUT2D eigenvalue weighted by molar-refractivity contribution is 6.31. The molecule has 0 saturated heterocycles. The minimum absolute atomic E-state index is 0.162. The molecule has 0 unspecified atom stereocenters. The third-order valence-electron chi connectivity index (χ3n) is 3.29. The number of nitro benzene ring substituents is 1. The highest BCUT2D eigenvalue weighted by Gasteiger charge is 2.21. The van der Waals surface area contributed by atoms with E-state index >= 15 is 0 Å². The van der Waals surface area contributed by atoms with Gasteiger partial charge in [-0.1, -0.05) is 23.7 Å². The Morgan fingerprint density at radius 3 is 2.75 bits per heavy atom. The number of nitrogens with zero attached hydrogens (tertiary/aromatic N) is 3. The van der Waals surface area contributed by atoms with Crippen molar-refractivity contribution in [3.63, 3.8) is 0 Å². The highest BCUT2D eigenvalue weighted by atomic mass is 35.5. The number of hydrogen-bond acceptors (Lipinski definition) is 5. The van der Waals surface area contributed by atoms with E-state index in [0.717, 1.165) is 23.1 Å². The number of benzene rings is 2. The van der Waals surface area contributed by atoms with Crippen molar-refractivity contribution in [3.05, 3.63) is 79.8 Å². The summed E-state index contributed by atoms with van der Waals surface area (Å²) in [5.41, 5.74) is 1.58. The first-order valence-electron chi connectivity index (χ1n) is 6.69. The van der Waals surface area contributed by atoms with Crippen LogP contribution in [0, 0.1) is 10.1 Å². The van der Waals surface area contributed by atoms with Crippen molar-refractivity contribution < 1.29 is 9.72 Å². The number of rotatable bonds is 3. The smallest absolute Gasteiger partial charge is 0.267 e. The van der Waals surface area contributed by atoms with Gasteiger partial charge in [0, 0.05) is 11.1 Å². The van der Waals surface area contributed by atoms with Gasteiger partial charge in [0.15, 0.2) is 0 Å². The number of hydrogen-bond donors (Lipinski definition) is 1. The van der Waals surface area contributed by atoms with E-state index in [0.29, 0.717) is 10.9 Å². The van der Waals surface area contributed by atoms with Gasteiger partial charge in [0.05, 0.1) is 15.8 Å². The Morgan fingerprint density at radius 1 is 1.25 bits per heavy atom. The van der Waals surface area contributed by atoms with Crippen molar-refractivity contribution in [1.29, 1.82) is 0 Å². The van der Waals surface area contributed by atoms with Gasteiger partial charge < -0.3 is 0 Å². The maximum Gasteiger partial charge on any atom is 0.282 e. The lowest BCUT2D eigenvalue weighted by Crippen LogP contribution is -2.33. The van der Waals surface area contributed by atoms with Crippen LogP contribution < -0.4 is 11.0 Å². The van der Waals surface area contributed by atoms with E-state index in [-0.39, 0.29) is 10.6 Å². The normalized spacial score (nSPS) is 10.5. The van der Waals surface area contributed by atoms with Crippen LogP contribution >= 0.6 is 11.6 Å². The van der Waals surface area contributed by atoms with Gasteiger partial charge in [0.25, 0.3) is 17.2 Å². The fourth-order valence-corrected chi connectivity index (χ4v) is 2.34. The molecule has 0 spiro atoms. The van der Waals surface area contributed by atoms with Crippen LogP contribution in [-0.4, -0.2) is 20.5 Å². The van der Waals surface area contributed by atoms with Crippen LogP contribution in [0.2, 0.25) is 5.02 Å². The summed E-state index contributed by atoms with van der Waals surface area (Å²) < 4.78 is 0.870. The predicted molar refractivity (Wildman–Crippen MR) is 87.8 cm³/mol. The molecule has 0 aliphatic rings. The molecule has 0 bridgehead atoms. The Hall–Kier alpha value is -3.26. The number of nitro groups is 1. The van der Waals surface area contributed by atoms with E-state index in [2.05, 4.69) is 10.4 Å². The zero-order valence-electron chi connectivity index (χ0n) is 12.0. The number of amides is 1. The van der Waals surface area contributed by atoms with Crippen LogP contribution in [0.1, 0.15) is 10.4 Å². The summed E-state index contributed by atoms with van der Waals surface area (Å²) in [5.74, 6) is -0.844. The van der Waals surface area contributed by atoms with Crippen molar-refractivity contribution in [1.82, 2.24) is 9.66 Å². The lowest BCUT2D eigenvalue weighted by molar-refractivity contribution is -0.385. The summed E-state index contributed by atoms with van der Waals surface area (Å²) in [7, 11) is 0. The summed E-state index contributed by atoms with van der Waals surface area (Å²) in [6.07, 6.45) is 1.14. The number of fused-ring (bicyclic) bond motifs is 1. The van der Waals surface area contributed by atoms with E-state index in [1.54, 1.807) is 24.3 Å². The lowest BCUT2D eigenvalue weighted by Gasteiger charge is -2.09. The third-order valence-corrected chi connectivity index (χ3v) is 3.52. The van der Waals surface area contributed by atoms with Gasteiger partial charge in [-0.2, -0.15) is 0 Å². The van der Waals surface area contributed by atoms with Crippen molar-refractivity contribution in [3.8, 4) is 0 Å². The molecule has 1 amide bonds. The van der Waals surface area contributed by atoms with Gasteiger partial charge in [-0.05, 0) is 24.3 Å². The number of carbonyl (C=O) groups excluding carboxylic acids is 1. The molecule has 0 radical (unpaired) electrons. The molecule has 2 aromatic carbocycles. The summed E-state index contributed by atoms with van der Waals surface area (Å²) in [4.78, 5) is 39.0. The summed E-state index contributed by atoms with van der Waals surface area (Å²) in [6.45, 7) is 0. The first kappa shape index (κ1) is 15.6. The molecule has 0 atom stereocenters. The lowest BCUT2D eigenvalue weighted by atomic mass is 10.1. The molecule has 3 rings (SSSR count). The van der Waals surface area contributed by atoms with Crippen LogP contribution in [0.4, 0.5) is 5.69 Å². The second-order valence-corrected chi connectivity index (χ2v) is 5.23. The molecule has 0 fully saturated rings. The molecular formula is C15H9ClN4O4. The average molecular weight is 345 g/mol. The van der Waals surface area contributed by atoms with Crippen LogP contribution in [0.3, 0.4) is 0 Å². The third kappa shape index (κ3) is 2.82. The second-order valence-electron chi connectivity index (χ2n) is 4.80. The monoisotopic (exact) mass is 344 g/mol. The second kappa shape index (κ2) is 6.09. The van der Waals surface area contributed by atoms with Crippen LogP contribution in [0.25, 0.3) is 10.9 Å². The molecule has 8 nitrogen and oxygen atoms in total. The molecule has 1 N–H and O–H groups in total. The van der Waals surface area contributed by atoms with Crippen molar-refractivity contribution in [2.24, 2.45) is 0 Å². The van der Waals surface area contributed by atoms with E-state index in [9.17, 15) is 19.7 Å². The van der Waals surface area contributed by atoms with Crippen LogP contribution in [0.15, 0.2) is 53.6 Å². The highest BCUT2D eigenvalue weighted by Crippen LogP contribution is 2.22. The SMILES string of the molecule is O=C(Nn1cnc2ccccc2c1=O)c1cc(Cl)ccc1[N+](=O)[O-]. The van der Waals surface area contributed by atoms with E-state index in [1.165, 1.54) is 6.07 Å². The zero-order chi connectivity index (χ0) is 17.3.